The lowest BCUT2D eigenvalue weighted by Crippen LogP contribution is -2.60. The zero-order valence-corrected chi connectivity index (χ0v) is 45.6. The lowest BCUT2D eigenvalue weighted by molar-refractivity contribution is 0.00623. The van der Waals surface area contributed by atoms with Gasteiger partial charge in [-0.2, -0.15) is 0 Å². The van der Waals surface area contributed by atoms with E-state index < -0.39 is 48.4 Å². The van der Waals surface area contributed by atoms with E-state index >= 15 is 0 Å². The number of hydrogen-bond acceptors (Lipinski definition) is 11. The van der Waals surface area contributed by atoms with Crippen LogP contribution in [-0.4, -0.2) is 131 Å². The first-order chi connectivity index (χ1) is 27.8. The summed E-state index contributed by atoms with van der Waals surface area (Å²) >= 11 is 0. The van der Waals surface area contributed by atoms with Crippen LogP contribution >= 0.6 is 0 Å². The topological polar surface area (TPSA) is 124 Å². The molecule has 0 aromatic heterocycles. The zero-order chi connectivity index (χ0) is 44.4. The third-order valence-corrected chi connectivity index (χ3v) is 27.7. The summed E-state index contributed by atoms with van der Waals surface area (Å²) in [5, 5.41) is 18.8. The maximum absolute atomic E-state index is 9.65. The molecule has 59 heavy (non-hydrogen) atoms. The number of aliphatic hydroxyl groups excluding tert-OH is 2. The summed E-state index contributed by atoms with van der Waals surface area (Å²) in [5.74, 6) is 0. The van der Waals surface area contributed by atoms with Gasteiger partial charge in [-0.15, -0.1) is 0 Å². The van der Waals surface area contributed by atoms with Gasteiger partial charge in [-0.05, 0) is 116 Å². The van der Waals surface area contributed by atoms with E-state index in [0.717, 1.165) is 70.6 Å². The van der Waals surface area contributed by atoms with Gasteiger partial charge in [0.2, 0.25) is 0 Å². The molecule has 0 bridgehead atoms. The van der Waals surface area contributed by atoms with Gasteiger partial charge in [0, 0.05) is 59.5 Å². The summed E-state index contributed by atoms with van der Waals surface area (Å²) in [6.45, 7) is 30.2. The van der Waals surface area contributed by atoms with Crippen LogP contribution in [-0.2, 0) is 40.1 Å². The van der Waals surface area contributed by atoms with Gasteiger partial charge in [0.25, 0.3) is 0 Å². The first kappa shape index (κ1) is 59.6. The third-order valence-electron chi connectivity index (χ3n) is 9.45. The molecule has 0 saturated heterocycles. The van der Waals surface area contributed by atoms with E-state index in [4.69, 9.17) is 45.3 Å². The van der Waals surface area contributed by atoms with Crippen LogP contribution in [0.2, 0.25) is 77.6 Å². The van der Waals surface area contributed by atoms with Crippen molar-refractivity contribution in [3.63, 3.8) is 0 Å². The average Bonchev–Trinajstić information content (AvgIpc) is 3.11. The van der Waals surface area contributed by atoms with Crippen LogP contribution in [0.5, 0.6) is 0 Å². The van der Waals surface area contributed by atoms with E-state index in [1.807, 2.05) is 0 Å². The van der Waals surface area contributed by atoms with Gasteiger partial charge in [-0.25, -0.2) is 0 Å². The molecule has 0 spiro atoms. The smallest absolute Gasteiger partial charge is 0.317 e. The highest BCUT2D eigenvalue weighted by Gasteiger charge is 2.48. The Kier molecular flexibility index (Phi) is 36.3. The maximum atomic E-state index is 9.65. The van der Waals surface area contributed by atoms with Gasteiger partial charge in [0.1, 0.15) is 6.10 Å². The van der Waals surface area contributed by atoms with Gasteiger partial charge < -0.3 is 50.4 Å². The summed E-state index contributed by atoms with van der Waals surface area (Å²) in [4.78, 5) is 0. The van der Waals surface area contributed by atoms with Crippen LogP contribution in [0, 0.1) is 0 Å². The molecule has 0 amide bonds. The largest absolute Gasteiger partial charge is 0.437 e. The minimum Gasteiger partial charge on any atom is -0.437 e. The molecule has 0 aliphatic heterocycles. The lowest BCUT2D eigenvalue weighted by atomic mass is 10.0. The predicted octanol–water partition coefficient (Wildman–Crippen LogP) is 11.0. The molecular weight excluding hydrogens is 833 g/mol. The highest BCUT2D eigenvalue weighted by molar-refractivity contribution is 6.90. The van der Waals surface area contributed by atoms with Gasteiger partial charge in [0.05, 0.1) is 13.2 Å². The first-order valence-electron chi connectivity index (χ1n) is 23.8. The Balaban J connectivity index is 4.26. The molecule has 0 aromatic carbocycles. The molecule has 0 aliphatic carbocycles. The van der Waals surface area contributed by atoms with Crippen molar-refractivity contribution in [1.29, 1.82) is 0 Å². The van der Waals surface area contributed by atoms with Crippen molar-refractivity contribution in [2.45, 2.75) is 206 Å². The highest BCUT2D eigenvalue weighted by Crippen LogP contribution is 2.32. The van der Waals surface area contributed by atoms with Crippen LogP contribution < -0.4 is 0 Å². The van der Waals surface area contributed by atoms with Crippen molar-refractivity contribution in [3.05, 3.63) is 0 Å². The molecular formula is C43H98O11Si5. The minimum absolute atomic E-state index is 0.116. The van der Waals surface area contributed by atoms with Crippen molar-refractivity contribution in [2.24, 2.45) is 0 Å². The summed E-state index contributed by atoms with van der Waals surface area (Å²) < 4.78 is 56.7. The molecule has 0 aliphatic rings. The number of hydrogen-bond donors (Lipinski definition) is 2. The van der Waals surface area contributed by atoms with E-state index in [1.165, 1.54) is 83.5 Å². The van der Waals surface area contributed by atoms with Crippen molar-refractivity contribution in [3.8, 4) is 0 Å². The Bertz CT molecular complexity index is 945. The number of ether oxygens (including phenoxy) is 5. The van der Waals surface area contributed by atoms with Crippen LogP contribution in [0.1, 0.15) is 122 Å². The molecule has 2 N–H and O–H groups in total. The Hall–Kier alpha value is 0.644. The highest BCUT2D eigenvalue weighted by atomic mass is 28.5. The van der Waals surface area contributed by atoms with Crippen molar-refractivity contribution in [2.75, 3.05) is 72.7 Å². The second kappa shape index (κ2) is 35.9. The summed E-state index contributed by atoms with van der Waals surface area (Å²) in [6.07, 6.45) is 21.3. The molecule has 0 fully saturated rings. The quantitative estimate of drug-likeness (QED) is 0.0448. The standard InChI is InChI=1S/C43H98O11Si5/c1-12-13-14-15-16-17-18-19-20-21-22-23-24-30-46-31-25-32-47-33-26-34-48-35-27-36-49-37-28-40-59(11,53-57(8,9)51-55(2,3)4)54-58(10,52-56(5,6)7)39-29-38-50-42-43(45)41-44/h43-45H,12-42H2,1-11H3. The monoisotopic (exact) mass is 931 g/mol. The lowest BCUT2D eigenvalue weighted by Gasteiger charge is -2.44. The fourth-order valence-corrected chi connectivity index (χ4v) is 31.0. The van der Waals surface area contributed by atoms with E-state index in [0.29, 0.717) is 33.0 Å². The van der Waals surface area contributed by atoms with Crippen molar-refractivity contribution < 1.29 is 50.4 Å². The van der Waals surface area contributed by atoms with E-state index in [9.17, 15) is 5.11 Å². The molecule has 16 heteroatoms. The Morgan fingerprint density at radius 3 is 1.10 bits per heavy atom. The fraction of sp³-hybridized carbons (Fsp3) is 1.00. The maximum Gasteiger partial charge on any atom is 0.317 e. The number of unbranched alkanes of at least 4 members (excludes halogenated alkanes) is 12. The van der Waals surface area contributed by atoms with Crippen molar-refractivity contribution >= 4 is 42.3 Å². The fourth-order valence-electron chi connectivity index (χ4n) is 7.31. The summed E-state index contributed by atoms with van der Waals surface area (Å²) in [5.41, 5.74) is 0. The van der Waals surface area contributed by atoms with Crippen LogP contribution in [0.25, 0.3) is 0 Å². The molecule has 11 nitrogen and oxygen atoms in total. The number of rotatable bonds is 45. The summed E-state index contributed by atoms with van der Waals surface area (Å²) in [7, 11) is -11.7. The van der Waals surface area contributed by atoms with E-state index in [2.05, 4.69) is 72.4 Å². The van der Waals surface area contributed by atoms with Crippen LogP contribution in [0.4, 0.5) is 0 Å². The van der Waals surface area contributed by atoms with Crippen LogP contribution in [0.3, 0.4) is 0 Å². The Morgan fingerprint density at radius 1 is 0.373 bits per heavy atom. The van der Waals surface area contributed by atoms with Gasteiger partial charge >= 0.3 is 25.7 Å². The minimum atomic E-state index is -2.75. The van der Waals surface area contributed by atoms with Gasteiger partial charge in [-0.3, -0.25) is 0 Å². The normalized spacial score (nSPS) is 15.4. The van der Waals surface area contributed by atoms with Crippen molar-refractivity contribution in [1.82, 2.24) is 0 Å². The molecule has 0 rings (SSSR count). The van der Waals surface area contributed by atoms with Crippen LogP contribution in [0.15, 0.2) is 0 Å². The molecule has 0 aromatic rings. The third kappa shape index (κ3) is 41.1. The second-order valence-electron chi connectivity index (χ2n) is 19.2. The Labute approximate surface area is 370 Å². The molecule has 0 saturated carbocycles. The average molecular weight is 932 g/mol. The first-order valence-corrected chi connectivity index (χ1v) is 38.5. The van der Waals surface area contributed by atoms with Gasteiger partial charge in [0.15, 0.2) is 16.6 Å². The molecule has 0 heterocycles. The molecule has 3 atom stereocenters. The SMILES string of the molecule is CCCCCCCCCCCCCCCOCCCOCCCOCCCOCCC[Si](C)(O[Si](C)(C)O[Si](C)(C)C)O[Si](C)(CCCOCC(O)CO)O[Si](C)(C)C. The summed E-state index contributed by atoms with van der Waals surface area (Å²) in [6, 6.07) is 1.55. The predicted molar refractivity (Wildman–Crippen MR) is 257 cm³/mol. The van der Waals surface area contributed by atoms with Gasteiger partial charge in [-0.1, -0.05) is 84.0 Å². The molecule has 0 radical (unpaired) electrons. The number of aliphatic hydroxyl groups is 2. The molecule has 3 unspecified atom stereocenters. The van der Waals surface area contributed by atoms with E-state index in [-0.39, 0.29) is 13.2 Å². The zero-order valence-electron chi connectivity index (χ0n) is 40.6. The Morgan fingerprint density at radius 2 is 0.712 bits per heavy atom. The molecule has 356 valence electrons. The second-order valence-corrected chi connectivity index (χ2v) is 39.2. The van der Waals surface area contributed by atoms with E-state index in [1.54, 1.807) is 0 Å².